The fourth-order valence-electron chi connectivity index (χ4n) is 2.76. The molecule has 0 radical (unpaired) electrons. The average molecular weight is 427 g/mol. The summed E-state index contributed by atoms with van der Waals surface area (Å²) in [5.41, 5.74) is 9.72. The van der Waals surface area contributed by atoms with Crippen LogP contribution in [0.3, 0.4) is 0 Å². The second kappa shape index (κ2) is 9.84. The second-order valence-corrected chi connectivity index (χ2v) is 8.61. The Hall–Kier alpha value is -2.45. The van der Waals surface area contributed by atoms with Crippen molar-refractivity contribution in [3.8, 4) is 22.8 Å². The Balaban J connectivity index is 0.00000117. The maximum atomic E-state index is 6.52. The Morgan fingerprint density at radius 2 is 2.07 bits per heavy atom. The number of fused-ring (bicyclic) bond motifs is 1. The van der Waals surface area contributed by atoms with Gasteiger partial charge in [0, 0.05) is 31.2 Å². The highest BCUT2D eigenvalue weighted by Crippen LogP contribution is 2.43. The molecule has 0 aliphatic heterocycles. The minimum Gasteiger partial charge on any atom is -0.397 e. The fraction of sp³-hybridized carbons (Fsp3) is 0.333. The monoisotopic (exact) mass is 426 g/mol. The van der Waals surface area contributed by atoms with Gasteiger partial charge in [0.25, 0.3) is 0 Å². The summed E-state index contributed by atoms with van der Waals surface area (Å²) in [6.45, 7) is 6.19. The highest BCUT2D eigenvalue weighted by Gasteiger charge is 2.20. The van der Waals surface area contributed by atoms with Crippen molar-refractivity contribution in [2.45, 2.75) is 37.8 Å². The van der Waals surface area contributed by atoms with Gasteiger partial charge in [-0.3, -0.25) is 4.98 Å². The molecule has 0 aromatic carbocycles. The second-order valence-electron chi connectivity index (χ2n) is 6.25. The zero-order chi connectivity index (χ0) is 20.8. The third-order valence-corrected chi connectivity index (χ3v) is 6.63. The van der Waals surface area contributed by atoms with Crippen molar-refractivity contribution in [2.75, 3.05) is 11.5 Å². The van der Waals surface area contributed by atoms with Crippen molar-refractivity contribution in [1.29, 1.82) is 0 Å². The molecule has 29 heavy (non-hydrogen) atoms. The lowest BCUT2D eigenvalue weighted by Gasteiger charge is -2.05. The molecule has 2 N–H and O–H groups in total. The summed E-state index contributed by atoms with van der Waals surface area (Å²) in [7, 11) is 1.94. The van der Waals surface area contributed by atoms with Gasteiger partial charge >= 0.3 is 0 Å². The molecule has 0 saturated heterocycles. The van der Waals surface area contributed by atoms with Gasteiger partial charge in [-0.1, -0.05) is 27.2 Å². The summed E-state index contributed by atoms with van der Waals surface area (Å²) in [4.78, 5) is 19.2. The zero-order valence-corrected chi connectivity index (χ0v) is 18.8. The third-order valence-electron chi connectivity index (χ3n) is 4.15. The van der Waals surface area contributed by atoms with E-state index < -0.39 is 0 Å². The number of anilines is 1. The number of hydrogen-bond donors (Lipinski definition) is 1. The molecule has 0 saturated carbocycles. The number of rotatable bonds is 6. The van der Waals surface area contributed by atoms with E-state index in [1.807, 2.05) is 43.8 Å². The van der Waals surface area contributed by atoms with E-state index in [1.165, 1.54) is 6.42 Å². The quantitative estimate of drug-likeness (QED) is 0.317. The molecule has 4 aromatic rings. The van der Waals surface area contributed by atoms with Crippen LogP contribution < -0.4 is 5.73 Å². The summed E-state index contributed by atoms with van der Waals surface area (Å²) < 4.78 is 3.01. The molecule has 4 aromatic heterocycles. The molecule has 0 unspecified atom stereocenters. The van der Waals surface area contributed by atoms with Crippen molar-refractivity contribution in [3.63, 3.8) is 0 Å². The van der Waals surface area contributed by atoms with E-state index in [0.717, 1.165) is 49.2 Å². The van der Waals surface area contributed by atoms with Crippen molar-refractivity contribution in [2.24, 2.45) is 7.05 Å². The van der Waals surface area contributed by atoms with Crippen LogP contribution in [0.25, 0.3) is 33.0 Å². The molecule has 4 heterocycles. The topological polar surface area (TPSA) is 82.5 Å². The molecule has 4 rings (SSSR count). The normalized spacial score (nSPS) is 10.8. The molecular weight excluding hydrogens is 400 g/mol. The first-order valence-electron chi connectivity index (χ1n) is 9.79. The molecule has 8 heteroatoms. The van der Waals surface area contributed by atoms with Crippen LogP contribution >= 0.6 is 23.1 Å². The van der Waals surface area contributed by atoms with E-state index in [4.69, 9.17) is 15.7 Å². The minimum atomic E-state index is 0.641. The van der Waals surface area contributed by atoms with Crippen molar-refractivity contribution >= 4 is 39.0 Å². The summed E-state index contributed by atoms with van der Waals surface area (Å²) in [5, 5.41) is 0.894. The summed E-state index contributed by atoms with van der Waals surface area (Å²) in [6, 6.07) is 3.85. The van der Waals surface area contributed by atoms with Crippen LogP contribution in [0, 0.1) is 0 Å². The number of hydrogen-bond acceptors (Lipinski definition) is 7. The first-order chi connectivity index (χ1) is 14.2. The lowest BCUT2D eigenvalue weighted by Crippen LogP contribution is -1.96. The Labute approximate surface area is 179 Å². The fourth-order valence-corrected chi connectivity index (χ4v) is 5.19. The minimum absolute atomic E-state index is 0.641. The number of imidazole rings is 1. The molecule has 0 amide bonds. The van der Waals surface area contributed by atoms with Gasteiger partial charge in [0.2, 0.25) is 0 Å². The SMILES string of the molecule is CC.CCCCSc1sc2nc(-c3cccnc3)nc(-c3cn(C)cn3)c2c1N. The van der Waals surface area contributed by atoms with E-state index >= 15 is 0 Å². The summed E-state index contributed by atoms with van der Waals surface area (Å²) in [5.74, 6) is 1.69. The van der Waals surface area contributed by atoms with Crippen LogP contribution in [0.15, 0.2) is 41.3 Å². The highest BCUT2D eigenvalue weighted by atomic mass is 32.2. The van der Waals surface area contributed by atoms with Gasteiger partial charge in [0.1, 0.15) is 16.2 Å². The van der Waals surface area contributed by atoms with E-state index in [2.05, 4.69) is 16.9 Å². The van der Waals surface area contributed by atoms with Crippen molar-refractivity contribution in [3.05, 3.63) is 37.1 Å². The molecule has 0 bridgehead atoms. The van der Waals surface area contributed by atoms with Crippen molar-refractivity contribution < 1.29 is 0 Å². The maximum Gasteiger partial charge on any atom is 0.163 e. The van der Waals surface area contributed by atoms with Crippen LogP contribution in [-0.2, 0) is 7.05 Å². The molecule has 152 valence electrons. The Bertz CT molecular complexity index is 1070. The first-order valence-corrected chi connectivity index (χ1v) is 11.6. The van der Waals surface area contributed by atoms with Crippen LogP contribution in [-0.4, -0.2) is 30.3 Å². The van der Waals surface area contributed by atoms with Crippen LogP contribution in [0.1, 0.15) is 33.6 Å². The molecular formula is C21H26N6S2. The predicted octanol–water partition coefficient (Wildman–Crippen LogP) is 5.65. The predicted molar refractivity (Wildman–Crippen MR) is 124 cm³/mol. The van der Waals surface area contributed by atoms with Crippen LogP contribution in [0.5, 0.6) is 0 Å². The van der Waals surface area contributed by atoms with Crippen molar-refractivity contribution in [1.82, 2.24) is 24.5 Å². The number of thioether (sulfide) groups is 1. The molecule has 0 spiro atoms. The largest absolute Gasteiger partial charge is 0.397 e. The summed E-state index contributed by atoms with van der Waals surface area (Å²) >= 11 is 3.43. The Morgan fingerprint density at radius 3 is 2.72 bits per heavy atom. The molecule has 6 nitrogen and oxygen atoms in total. The number of aromatic nitrogens is 5. The molecule has 0 atom stereocenters. The maximum absolute atomic E-state index is 6.52. The van der Waals surface area contributed by atoms with E-state index in [-0.39, 0.29) is 0 Å². The van der Waals surface area contributed by atoms with Gasteiger partial charge < -0.3 is 10.3 Å². The van der Waals surface area contributed by atoms with Crippen LogP contribution in [0.4, 0.5) is 5.69 Å². The van der Waals surface area contributed by atoms with E-state index in [0.29, 0.717) is 5.82 Å². The molecule has 0 aliphatic rings. The van der Waals surface area contributed by atoms with Gasteiger partial charge in [0.05, 0.1) is 21.6 Å². The van der Waals surface area contributed by atoms with Gasteiger partial charge in [-0.05, 0) is 24.3 Å². The van der Waals surface area contributed by atoms with Crippen LogP contribution in [0.2, 0.25) is 0 Å². The van der Waals surface area contributed by atoms with E-state index in [1.54, 1.807) is 41.8 Å². The number of nitrogens with zero attached hydrogens (tertiary/aromatic N) is 5. The number of unbranched alkanes of at least 4 members (excludes halogenated alkanes) is 1. The van der Waals surface area contributed by atoms with Gasteiger partial charge in [-0.15, -0.1) is 23.1 Å². The zero-order valence-electron chi connectivity index (χ0n) is 17.2. The number of pyridine rings is 1. The highest BCUT2D eigenvalue weighted by molar-refractivity contribution is 8.01. The van der Waals surface area contributed by atoms with Gasteiger partial charge in [-0.2, -0.15) is 0 Å². The number of thiophene rings is 1. The smallest absolute Gasteiger partial charge is 0.163 e. The van der Waals surface area contributed by atoms with Gasteiger partial charge in [0.15, 0.2) is 5.82 Å². The Kier molecular flexibility index (Phi) is 7.22. The lowest BCUT2D eigenvalue weighted by molar-refractivity contribution is 0.897. The lowest BCUT2D eigenvalue weighted by atomic mass is 10.2. The molecule has 0 fully saturated rings. The van der Waals surface area contributed by atoms with Gasteiger partial charge in [-0.25, -0.2) is 15.0 Å². The summed E-state index contributed by atoms with van der Waals surface area (Å²) in [6.07, 6.45) is 9.58. The average Bonchev–Trinajstić information content (AvgIpc) is 3.33. The first kappa shape index (κ1) is 21.3. The number of nitrogens with two attached hydrogens (primary N) is 1. The third kappa shape index (κ3) is 4.59. The molecule has 0 aliphatic carbocycles. The van der Waals surface area contributed by atoms with E-state index in [9.17, 15) is 0 Å². The number of nitrogen functional groups attached to an aromatic ring is 1. The number of aryl methyl sites for hydroxylation is 1. The standard InChI is InChI=1S/C19H20N6S2.C2H6/c1-3-4-8-26-19-15(20)14-16(13-10-25(2)11-22-13)23-17(24-18(14)27-19)12-6-5-7-21-9-12;1-2/h5-7,9-11H,3-4,8,20H2,1-2H3;1-2H3. The Morgan fingerprint density at radius 1 is 1.24 bits per heavy atom.